The van der Waals surface area contributed by atoms with Crippen LogP contribution in [0.15, 0.2) is 30.5 Å². The van der Waals surface area contributed by atoms with E-state index in [9.17, 15) is 23.1 Å². The summed E-state index contributed by atoms with van der Waals surface area (Å²) in [5.41, 5.74) is 0.501. The molecule has 25 heavy (non-hydrogen) atoms. The molecule has 0 aliphatic heterocycles. The number of hydrogen-bond acceptors (Lipinski definition) is 3. The van der Waals surface area contributed by atoms with Crippen LogP contribution in [0, 0.1) is 6.92 Å². The molecule has 1 aromatic heterocycles. The molecule has 5 nitrogen and oxygen atoms in total. The van der Waals surface area contributed by atoms with Gasteiger partial charge in [0.2, 0.25) is 0 Å². The van der Waals surface area contributed by atoms with E-state index in [0.717, 1.165) is 18.6 Å². The van der Waals surface area contributed by atoms with Crippen LogP contribution in [0.3, 0.4) is 0 Å². The number of hydrogen-bond donors (Lipinski definition) is 2. The molecule has 2 rings (SSSR count). The number of nitrogens with one attached hydrogen (secondary N) is 1. The van der Waals surface area contributed by atoms with E-state index in [-0.39, 0.29) is 12.5 Å². The summed E-state index contributed by atoms with van der Waals surface area (Å²) in [5, 5.41) is 16.9. The first kappa shape index (κ1) is 19.0. The summed E-state index contributed by atoms with van der Waals surface area (Å²) in [6.07, 6.45) is -3.00. The number of aliphatic hydroxyl groups is 1. The van der Waals surface area contributed by atoms with Crippen molar-refractivity contribution in [2.45, 2.75) is 39.1 Å². The molecule has 2 N–H and O–H groups in total. The third-order valence-corrected chi connectivity index (χ3v) is 3.72. The Kier molecular flexibility index (Phi) is 5.84. The number of benzene rings is 1. The molecule has 136 valence electrons. The average molecular weight is 355 g/mol. The molecule has 0 aliphatic carbocycles. The molecule has 0 spiro atoms. The van der Waals surface area contributed by atoms with Crippen molar-refractivity contribution in [2.24, 2.45) is 0 Å². The topological polar surface area (TPSA) is 67.2 Å². The highest BCUT2D eigenvalue weighted by Crippen LogP contribution is 2.29. The SMILES string of the molecule is CCCn1cc(C(=O)NC[C@@H](O)c2ccc(C(F)(F)F)cc2)c(C)n1. The maximum absolute atomic E-state index is 12.5. The van der Waals surface area contributed by atoms with Gasteiger partial charge in [-0.15, -0.1) is 0 Å². The number of amides is 1. The van der Waals surface area contributed by atoms with Gasteiger partial charge >= 0.3 is 6.18 Å². The normalized spacial score (nSPS) is 12.9. The Morgan fingerprint density at radius 3 is 2.52 bits per heavy atom. The van der Waals surface area contributed by atoms with E-state index in [2.05, 4.69) is 10.4 Å². The standard InChI is InChI=1S/C17H20F3N3O2/c1-3-8-23-10-14(11(2)22-23)16(25)21-9-15(24)12-4-6-13(7-5-12)17(18,19)20/h4-7,10,15,24H,3,8-9H2,1-2H3,(H,21,25)/t15-/m1/s1. The molecule has 1 heterocycles. The van der Waals surface area contributed by atoms with Gasteiger partial charge in [-0.1, -0.05) is 19.1 Å². The largest absolute Gasteiger partial charge is 0.416 e. The highest BCUT2D eigenvalue weighted by Gasteiger charge is 2.30. The maximum Gasteiger partial charge on any atom is 0.416 e. The van der Waals surface area contributed by atoms with Gasteiger partial charge in [0, 0.05) is 19.3 Å². The van der Waals surface area contributed by atoms with E-state index in [1.54, 1.807) is 17.8 Å². The first-order chi connectivity index (χ1) is 11.7. The van der Waals surface area contributed by atoms with E-state index < -0.39 is 17.8 Å². The molecule has 1 aromatic carbocycles. The van der Waals surface area contributed by atoms with Crippen LogP contribution < -0.4 is 5.32 Å². The fourth-order valence-electron chi connectivity index (χ4n) is 2.38. The fraction of sp³-hybridized carbons (Fsp3) is 0.412. The Hall–Kier alpha value is -2.35. The van der Waals surface area contributed by atoms with Crippen molar-refractivity contribution in [3.8, 4) is 0 Å². The number of aryl methyl sites for hydroxylation is 2. The van der Waals surface area contributed by atoms with Crippen LogP contribution in [0.4, 0.5) is 13.2 Å². The van der Waals surface area contributed by atoms with Gasteiger partial charge in [0.05, 0.1) is 22.9 Å². The minimum atomic E-state index is -4.42. The predicted octanol–water partition coefficient (Wildman–Crippen LogP) is 3.08. The van der Waals surface area contributed by atoms with E-state index >= 15 is 0 Å². The summed E-state index contributed by atoms with van der Waals surface area (Å²) in [7, 11) is 0. The van der Waals surface area contributed by atoms with Gasteiger partial charge in [-0.2, -0.15) is 18.3 Å². The van der Waals surface area contributed by atoms with Gasteiger partial charge < -0.3 is 10.4 Å². The third kappa shape index (κ3) is 4.82. The number of aromatic nitrogens is 2. The van der Waals surface area contributed by atoms with Crippen molar-refractivity contribution >= 4 is 5.91 Å². The summed E-state index contributed by atoms with van der Waals surface area (Å²) in [4.78, 5) is 12.2. The predicted molar refractivity (Wildman–Crippen MR) is 86.0 cm³/mol. The quantitative estimate of drug-likeness (QED) is 0.837. The van der Waals surface area contributed by atoms with Crippen LogP contribution in [0.2, 0.25) is 0 Å². The molecular formula is C17H20F3N3O2. The van der Waals surface area contributed by atoms with E-state index in [4.69, 9.17) is 0 Å². The Bertz CT molecular complexity index is 724. The summed E-state index contributed by atoms with van der Waals surface area (Å²) >= 11 is 0. The zero-order valence-electron chi connectivity index (χ0n) is 14.0. The van der Waals surface area contributed by atoms with Gasteiger partial charge in [-0.3, -0.25) is 9.48 Å². The number of rotatable bonds is 6. The number of aliphatic hydroxyl groups excluding tert-OH is 1. The highest BCUT2D eigenvalue weighted by molar-refractivity contribution is 5.95. The molecule has 1 amide bonds. The van der Waals surface area contributed by atoms with Crippen molar-refractivity contribution in [2.75, 3.05) is 6.54 Å². The van der Waals surface area contributed by atoms with Crippen LogP contribution >= 0.6 is 0 Å². The van der Waals surface area contributed by atoms with Crippen LogP contribution in [-0.4, -0.2) is 27.3 Å². The average Bonchev–Trinajstić information content (AvgIpc) is 2.92. The first-order valence-electron chi connectivity index (χ1n) is 7.89. The van der Waals surface area contributed by atoms with Crippen LogP contribution in [0.1, 0.15) is 46.6 Å². The Balaban J connectivity index is 1.97. The monoisotopic (exact) mass is 355 g/mol. The minimum absolute atomic E-state index is 0.109. The van der Waals surface area contributed by atoms with Gasteiger partial charge in [0.25, 0.3) is 5.91 Å². The molecule has 8 heteroatoms. The molecule has 0 radical (unpaired) electrons. The van der Waals surface area contributed by atoms with Gasteiger partial charge in [-0.25, -0.2) is 0 Å². The molecule has 0 fully saturated rings. The minimum Gasteiger partial charge on any atom is -0.387 e. The molecule has 1 atom stereocenters. The van der Waals surface area contributed by atoms with Crippen molar-refractivity contribution in [3.05, 3.63) is 52.8 Å². The summed E-state index contributed by atoms with van der Waals surface area (Å²) in [6.45, 7) is 4.30. The molecule has 0 aliphatic rings. The van der Waals surface area contributed by atoms with Crippen LogP contribution in [0.5, 0.6) is 0 Å². The molecular weight excluding hydrogens is 335 g/mol. The zero-order valence-corrected chi connectivity index (χ0v) is 14.0. The molecule has 0 saturated heterocycles. The van der Waals surface area contributed by atoms with E-state index in [1.807, 2.05) is 6.92 Å². The lowest BCUT2D eigenvalue weighted by Gasteiger charge is -2.13. The van der Waals surface area contributed by atoms with Crippen molar-refractivity contribution in [1.82, 2.24) is 15.1 Å². The maximum atomic E-state index is 12.5. The van der Waals surface area contributed by atoms with Gasteiger partial charge in [0.1, 0.15) is 0 Å². The first-order valence-corrected chi connectivity index (χ1v) is 7.89. The zero-order chi connectivity index (χ0) is 18.6. The Morgan fingerprint density at radius 2 is 1.96 bits per heavy atom. The second-order valence-corrected chi connectivity index (χ2v) is 5.74. The number of carbonyl (C=O) groups is 1. The Morgan fingerprint density at radius 1 is 1.32 bits per heavy atom. The van der Waals surface area contributed by atoms with Crippen molar-refractivity contribution in [1.29, 1.82) is 0 Å². The lowest BCUT2D eigenvalue weighted by molar-refractivity contribution is -0.137. The molecule has 0 bridgehead atoms. The lowest BCUT2D eigenvalue weighted by atomic mass is 10.1. The second kappa shape index (κ2) is 7.69. The number of nitrogens with zero attached hydrogens (tertiary/aromatic N) is 2. The van der Waals surface area contributed by atoms with E-state index in [1.165, 1.54) is 12.1 Å². The number of halogens is 3. The van der Waals surface area contributed by atoms with Gasteiger partial charge in [-0.05, 0) is 31.0 Å². The van der Waals surface area contributed by atoms with Crippen molar-refractivity contribution < 1.29 is 23.1 Å². The summed E-state index contributed by atoms with van der Waals surface area (Å²) < 4.78 is 39.3. The van der Waals surface area contributed by atoms with Crippen molar-refractivity contribution in [3.63, 3.8) is 0 Å². The second-order valence-electron chi connectivity index (χ2n) is 5.74. The molecule has 0 unspecified atom stereocenters. The van der Waals surface area contributed by atoms with E-state index in [0.29, 0.717) is 23.4 Å². The van der Waals surface area contributed by atoms with Crippen LogP contribution in [0.25, 0.3) is 0 Å². The number of alkyl halides is 3. The Labute approximate surface area is 143 Å². The molecule has 0 saturated carbocycles. The van der Waals surface area contributed by atoms with Crippen LogP contribution in [-0.2, 0) is 12.7 Å². The lowest BCUT2D eigenvalue weighted by Crippen LogP contribution is -2.28. The third-order valence-electron chi connectivity index (χ3n) is 3.72. The molecule has 2 aromatic rings. The smallest absolute Gasteiger partial charge is 0.387 e. The summed E-state index contributed by atoms with van der Waals surface area (Å²) in [6, 6.07) is 4.20. The fourth-order valence-corrected chi connectivity index (χ4v) is 2.38. The highest BCUT2D eigenvalue weighted by atomic mass is 19.4. The number of carbonyl (C=O) groups excluding carboxylic acids is 1. The van der Waals surface area contributed by atoms with Gasteiger partial charge in [0.15, 0.2) is 0 Å². The summed E-state index contributed by atoms with van der Waals surface area (Å²) in [5.74, 6) is -0.384.